The average Bonchev–Trinajstić information content (AvgIpc) is 3.07. The summed E-state index contributed by atoms with van der Waals surface area (Å²) in [5.74, 6) is 0.842. The van der Waals surface area contributed by atoms with Crippen LogP contribution in [0.5, 0.6) is 0 Å². The standard InChI is InChI=1S/C18H28ClN5O/c1-20-18(21-11-17-13-23(2)8-9-25-17)22-15-6-7-24(12-15)16-5-3-4-14(19)10-16/h3-5,10,15,17H,6-9,11-13H2,1-2H3,(H2,20,21,22). The molecule has 2 atom stereocenters. The van der Waals surface area contributed by atoms with Gasteiger partial charge in [-0.05, 0) is 31.7 Å². The van der Waals surface area contributed by atoms with Crippen molar-refractivity contribution >= 4 is 23.2 Å². The van der Waals surface area contributed by atoms with Crippen LogP contribution in [0.1, 0.15) is 6.42 Å². The fourth-order valence-corrected chi connectivity index (χ4v) is 3.56. The number of aliphatic imine (C=N–C) groups is 1. The van der Waals surface area contributed by atoms with E-state index in [-0.39, 0.29) is 6.10 Å². The van der Waals surface area contributed by atoms with Crippen LogP contribution in [0.25, 0.3) is 0 Å². The number of nitrogens with zero attached hydrogens (tertiary/aromatic N) is 3. The lowest BCUT2D eigenvalue weighted by molar-refractivity contribution is -0.0161. The van der Waals surface area contributed by atoms with Crippen LogP contribution in [0, 0.1) is 0 Å². The van der Waals surface area contributed by atoms with Crippen molar-refractivity contribution in [1.82, 2.24) is 15.5 Å². The summed E-state index contributed by atoms with van der Waals surface area (Å²) in [4.78, 5) is 9.01. The zero-order valence-corrected chi connectivity index (χ0v) is 15.8. The molecule has 7 heteroatoms. The maximum atomic E-state index is 6.11. The molecule has 2 unspecified atom stereocenters. The number of anilines is 1. The van der Waals surface area contributed by atoms with Crippen LogP contribution in [0.2, 0.25) is 5.02 Å². The second-order valence-corrected chi connectivity index (χ2v) is 7.20. The minimum atomic E-state index is 0.212. The molecule has 0 amide bonds. The Morgan fingerprint density at radius 3 is 3.00 bits per heavy atom. The molecule has 2 N–H and O–H groups in total. The van der Waals surface area contributed by atoms with Crippen molar-refractivity contribution in [3.63, 3.8) is 0 Å². The summed E-state index contributed by atoms with van der Waals surface area (Å²) in [6.07, 6.45) is 1.29. The molecule has 0 bridgehead atoms. The van der Waals surface area contributed by atoms with Crippen molar-refractivity contribution in [3.05, 3.63) is 29.3 Å². The highest BCUT2D eigenvalue weighted by Crippen LogP contribution is 2.23. The van der Waals surface area contributed by atoms with E-state index in [1.807, 2.05) is 25.2 Å². The van der Waals surface area contributed by atoms with Crippen LogP contribution < -0.4 is 15.5 Å². The van der Waals surface area contributed by atoms with Crippen molar-refractivity contribution in [2.24, 2.45) is 4.99 Å². The molecule has 2 aliphatic rings. The SMILES string of the molecule is CN=C(NCC1CN(C)CCO1)NC1CCN(c2cccc(Cl)c2)C1. The van der Waals surface area contributed by atoms with Gasteiger partial charge in [0.2, 0.25) is 0 Å². The van der Waals surface area contributed by atoms with Crippen LogP contribution in [0.15, 0.2) is 29.3 Å². The average molecular weight is 366 g/mol. The molecule has 0 spiro atoms. The predicted octanol–water partition coefficient (Wildman–Crippen LogP) is 1.41. The number of halogens is 1. The van der Waals surface area contributed by atoms with E-state index in [0.717, 1.165) is 56.7 Å². The molecule has 2 saturated heterocycles. The van der Waals surface area contributed by atoms with E-state index in [0.29, 0.717) is 6.04 Å². The second kappa shape index (κ2) is 8.74. The first kappa shape index (κ1) is 18.3. The molecule has 0 aromatic heterocycles. The van der Waals surface area contributed by atoms with Gasteiger partial charge in [0.15, 0.2) is 5.96 Å². The molecule has 2 heterocycles. The van der Waals surface area contributed by atoms with Gasteiger partial charge in [0.25, 0.3) is 0 Å². The van der Waals surface area contributed by atoms with E-state index in [2.05, 4.69) is 38.5 Å². The topological polar surface area (TPSA) is 52.1 Å². The molecule has 25 heavy (non-hydrogen) atoms. The third-order valence-corrected chi connectivity index (χ3v) is 5.00. The van der Waals surface area contributed by atoms with Gasteiger partial charge >= 0.3 is 0 Å². The lowest BCUT2D eigenvalue weighted by Gasteiger charge is -2.30. The van der Waals surface area contributed by atoms with Crippen molar-refractivity contribution < 1.29 is 4.74 Å². The van der Waals surface area contributed by atoms with Crippen molar-refractivity contribution in [2.45, 2.75) is 18.6 Å². The molecule has 1 aromatic rings. The third-order valence-electron chi connectivity index (χ3n) is 4.77. The fraction of sp³-hybridized carbons (Fsp3) is 0.611. The number of ether oxygens (including phenoxy) is 1. The zero-order chi connectivity index (χ0) is 17.6. The Hall–Kier alpha value is -1.50. The summed E-state index contributed by atoms with van der Waals surface area (Å²) in [5, 5.41) is 7.71. The van der Waals surface area contributed by atoms with E-state index >= 15 is 0 Å². The van der Waals surface area contributed by atoms with E-state index in [1.54, 1.807) is 0 Å². The van der Waals surface area contributed by atoms with Gasteiger partial charge in [-0.1, -0.05) is 17.7 Å². The van der Waals surface area contributed by atoms with Crippen molar-refractivity contribution in [3.8, 4) is 0 Å². The first-order chi connectivity index (χ1) is 12.1. The normalized spacial score (nSPS) is 25.2. The molecule has 3 rings (SSSR count). The number of benzene rings is 1. The minimum Gasteiger partial charge on any atom is -0.374 e. The highest BCUT2D eigenvalue weighted by atomic mass is 35.5. The number of likely N-dealkylation sites (N-methyl/N-ethyl adjacent to an activating group) is 1. The minimum absolute atomic E-state index is 0.212. The molecule has 1 aromatic carbocycles. The lowest BCUT2D eigenvalue weighted by atomic mass is 10.2. The van der Waals surface area contributed by atoms with Crippen LogP contribution in [0.3, 0.4) is 0 Å². The lowest BCUT2D eigenvalue weighted by Crippen LogP contribution is -2.50. The molecular formula is C18H28ClN5O. The van der Waals surface area contributed by atoms with Gasteiger partial charge in [0, 0.05) is 56.5 Å². The summed E-state index contributed by atoms with van der Waals surface area (Å²) in [6.45, 7) is 5.50. The smallest absolute Gasteiger partial charge is 0.191 e. The fourth-order valence-electron chi connectivity index (χ4n) is 3.37. The van der Waals surface area contributed by atoms with Gasteiger partial charge < -0.3 is 25.2 Å². The zero-order valence-electron chi connectivity index (χ0n) is 15.0. The van der Waals surface area contributed by atoms with E-state index < -0.39 is 0 Å². The number of nitrogens with one attached hydrogen (secondary N) is 2. The molecule has 6 nitrogen and oxygen atoms in total. The van der Waals surface area contributed by atoms with E-state index in [1.165, 1.54) is 5.69 Å². The number of rotatable bonds is 4. The van der Waals surface area contributed by atoms with Crippen LogP contribution >= 0.6 is 11.6 Å². The Bertz CT molecular complexity index is 597. The first-order valence-electron chi connectivity index (χ1n) is 8.92. The maximum absolute atomic E-state index is 6.11. The van der Waals surface area contributed by atoms with Gasteiger partial charge in [-0.3, -0.25) is 4.99 Å². The van der Waals surface area contributed by atoms with Gasteiger partial charge in [-0.15, -0.1) is 0 Å². The summed E-state index contributed by atoms with van der Waals surface area (Å²) < 4.78 is 5.79. The Kier molecular flexibility index (Phi) is 6.39. The quantitative estimate of drug-likeness (QED) is 0.624. The molecular weight excluding hydrogens is 338 g/mol. The first-order valence-corrected chi connectivity index (χ1v) is 9.29. The number of guanidine groups is 1. The summed E-state index contributed by atoms with van der Waals surface area (Å²) in [7, 11) is 3.94. The van der Waals surface area contributed by atoms with Gasteiger partial charge in [0.05, 0.1) is 12.7 Å². The highest BCUT2D eigenvalue weighted by molar-refractivity contribution is 6.30. The molecule has 2 aliphatic heterocycles. The predicted molar refractivity (Wildman–Crippen MR) is 104 cm³/mol. The van der Waals surface area contributed by atoms with E-state index in [4.69, 9.17) is 16.3 Å². The van der Waals surface area contributed by atoms with Gasteiger partial charge in [-0.2, -0.15) is 0 Å². The molecule has 0 radical (unpaired) electrons. The summed E-state index contributed by atoms with van der Waals surface area (Å²) in [5.41, 5.74) is 1.18. The summed E-state index contributed by atoms with van der Waals surface area (Å²) >= 11 is 6.11. The Morgan fingerprint density at radius 2 is 2.24 bits per heavy atom. The van der Waals surface area contributed by atoms with E-state index in [9.17, 15) is 0 Å². The second-order valence-electron chi connectivity index (χ2n) is 6.76. The Labute approximate surface area is 155 Å². The number of morpholine rings is 1. The van der Waals surface area contributed by atoms with Crippen LogP contribution in [-0.4, -0.2) is 76.4 Å². The monoisotopic (exact) mass is 365 g/mol. The number of hydrogen-bond acceptors (Lipinski definition) is 4. The van der Waals surface area contributed by atoms with Crippen LogP contribution in [-0.2, 0) is 4.74 Å². The molecule has 0 aliphatic carbocycles. The number of hydrogen-bond donors (Lipinski definition) is 2. The molecule has 138 valence electrons. The summed E-state index contributed by atoms with van der Waals surface area (Å²) in [6, 6.07) is 8.42. The van der Waals surface area contributed by atoms with Crippen LogP contribution in [0.4, 0.5) is 5.69 Å². The molecule has 2 fully saturated rings. The van der Waals surface area contributed by atoms with Crippen molar-refractivity contribution in [1.29, 1.82) is 0 Å². The Balaban J connectivity index is 1.46. The largest absolute Gasteiger partial charge is 0.374 e. The Morgan fingerprint density at radius 1 is 1.36 bits per heavy atom. The van der Waals surface area contributed by atoms with Gasteiger partial charge in [0.1, 0.15) is 0 Å². The third kappa shape index (κ3) is 5.23. The maximum Gasteiger partial charge on any atom is 0.191 e. The van der Waals surface area contributed by atoms with Gasteiger partial charge in [-0.25, -0.2) is 0 Å². The van der Waals surface area contributed by atoms with Crippen molar-refractivity contribution in [2.75, 3.05) is 58.3 Å². The highest BCUT2D eigenvalue weighted by Gasteiger charge is 2.24. The molecule has 0 saturated carbocycles.